The van der Waals surface area contributed by atoms with Crippen LogP contribution in [-0.4, -0.2) is 38.0 Å². The molecule has 1 saturated heterocycles. The second kappa shape index (κ2) is 7.40. The number of fused-ring (bicyclic) bond motifs is 1. The third-order valence-corrected chi connectivity index (χ3v) is 6.48. The highest BCUT2D eigenvalue weighted by molar-refractivity contribution is 5.65. The average molecular weight is 396 g/mol. The van der Waals surface area contributed by atoms with Crippen molar-refractivity contribution in [3.8, 4) is 0 Å². The van der Waals surface area contributed by atoms with E-state index in [1.54, 1.807) is 4.52 Å². The van der Waals surface area contributed by atoms with Crippen LogP contribution in [0.2, 0.25) is 0 Å². The Morgan fingerprint density at radius 3 is 2.69 bits per heavy atom. The Labute approximate surface area is 170 Å². The number of hydrogen-bond acceptors (Lipinski definition) is 6. The number of aliphatic hydroxyl groups is 1. The Bertz CT molecular complexity index is 992. The first-order chi connectivity index (χ1) is 14.0. The summed E-state index contributed by atoms with van der Waals surface area (Å²) in [5.74, 6) is 0.428. The average Bonchev–Trinajstić information content (AvgIpc) is 3.27. The van der Waals surface area contributed by atoms with Crippen LogP contribution in [0.25, 0.3) is 5.52 Å². The number of aromatic nitrogens is 3. The molecule has 0 amide bonds. The SMILES string of the molecule is CC[C@H]1O[C@@](CO)(c2ccc3c(N)ncnn23)[C@](C)(OCc2ccccc2)[C@@H]1C. The molecule has 0 aliphatic carbocycles. The second-order valence-corrected chi connectivity index (χ2v) is 7.88. The zero-order chi connectivity index (χ0) is 20.6. The molecule has 0 spiro atoms. The molecule has 7 heteroatoms. The van der Waals surface area contributed by atoms with E-state index in [-0.39, 0.29) is 18.6 Å². The molecule has 1 aromatic carbocycles. The molecular weight excluding hydrogens is 368 g/mol. The quantitative estimate of drug-likeness (QED) is 0.665. The van der Waals surface area contributed by atoms with Crippen LogP contribution in [0, 0.1) is 5.92 Å². The van der Waals surface area contributed by atoms with Crippen molar-refractivity contribution in [1.29, 1.82) is 0 Å². The summed E-state index contributed by atoms with van der Waals surface area (Å²) in [4.78, 5) is 4.07. The van der Waals surface area contributed by atoms with E-state index in [1.165, 1.54) is 6.33 Å². The van der Waals surface area contributed by atoms with Crippen molar-refractivity contribution >= 4 is 11.3 Å². The topological polar surface area (TPSA) is 94.9 Å². The number of rotatable bonds is 6. The van der Waals surface area contributed by atoms with Gasteiger partial charge in [-0.2, -0.15) is 5.10 Å². The summed E-state index contributed by atoms with van der Waals surface area (Å²) in [5, 5.41) is 15.1. The first-order valence-electron chi connectivity index (χ1n) is 10.0. The van der Waals surface area contributed by atoms with E-state index in [1.807, 2.05) is 49.4 Å². The lowest BCUT2D eigenvalue weighted by molar-refractivity contribution is -0.190. The van der Waals surface area contributed by atoms with Crippen molar-refractivity contribution in [1.82, 2.24) is 14.6 Å². The van der Waals surface area contributed by atoms with Gasteiger partial charge in [-0.15, -0.1) is 0 Å². The third-order valence-electron chi connectivity index (χ3n) is 6.48. The van der Waals surface area contributed by atoms with Crippen LogP contribution >= 0.6 is 0 Å². The molecule has 1 fully saturated rings. The summed E-state index contributed by atoms with van der Waals surface area (Å²) in [6, 6.07) is 13.8. The molecule has 2 aromatic heterocycles. The van der Waals surface area contributed by atoms with Crippen molar-refractivity contribution in [2.45, 2.75) is 51.1 Å². The first kappa shape index (κ1) is 19.8. The van der Waals surface area contributed by atoms with Gasteiger partial charge in [0.05, 0.1) is 25.0 Å². The monoisotopic (exact) mass is 396 g/mol. The van der Waals surface area contributed by atoms with Crippen molar-refractivity contribution < 1.29 is 14.6 Å². The molecule has 0 unspecified atom stereocenters. The Kier molecular flexibility index (Phi) is 5.06. The third kappa shape index (κ3) is 2.92. The van der Waals surface area contributed by atoms with Gasteiger partial charge in [0.2, 0.25) is 0 Å². The van der Waals surface area contributed by atoms with Crippen LogP contribution in [0.4, 0.5) is 5.82 Å². The molecule has 4 rings (SSSR count). The van der Waals surface area contributed by atoms with Gasteiger partial charge >= 0.3 is 0 Å². The fraction of sp³-hybridized carbons (Fsp3) is 0.455. The maximum atomic E-state index is 10.7. The van der Waals surface area contributed by atoms with E-state index in [0.29, 0.717) is 23.6 Å². The molecule has 1 aliphatic heterocycles. The molecule has 1 aliphatic rings. The van der Waals surface area contributed by atoms with E-state index < -0.39 is 11.2 Å². The normalized spacial score (nSPS) is 29.5. The highest BCUT2D eigenvalue weighted by atomic mass is 16.6. The van der Waals surface area contributed by atoms with Crippen molar-refractivity contribution in [2.75, 3.05) is 12.3 Å². The Hall–Kier alpha value is -2.48. The smallest absolute Gasteiger partial charge is 0.162 e. The predicted molar refractivity (Wildman–Crippen MR) is 110 cm³/mol. The van der Waals surface area contributed by atoms with Crippen LogP contribution in [-0.2, 0) is 21.7 Å². The molecule has 154 valence electrons. The standard InChI is InChI=1S/C22H28N4O3/c1-4-18-15(2)21(3,28-12-16-8-6-5-7-9-16)22(13-27,29-18)19-11-10-17-20(23)24-14-25-26(17)19/h5-11,14-15,18,27H,4,12-13H2,1-3H3,(H2,23,24,25)/t15-,18-,21-,22+/m1/s1. The summed E-state index contributed by atoms with van der Waals surface area (Å²) in [5.41, 5.74) is 6.61. The van der Waals surface area contributed by atoms with E-state index >= 15 is 0 Å². The van der Waals surface area contributed by atoms with Crippen molar-refractivity contribution in [3.05, 3.63) is 60.0 Å². The van der Waals surface area contributed by atoms with Crippen molar-refractivity contribution in [2.24, 2.45) is 5.92 Å². The zero-order valence-corrected chi connectivity index (χ0v) is 17.1. The zero-order valence-electron chi connectivity index (χ0n) is 17.1. The fourth-order valence-corrected chi connectivity index (χ4v) is 4.54. The van der Waals surface area contributed by atoms with Crippen LogP contribution in [0.1, 0.15) is 38.4 Å². The van der Waals surface area contributed by atoms with Gasteiger partial charge in [-0.25, -0.2) is 9.50 Å². The van der Waals surface area contributed by atoms with Gasteiger partial charge in [-0.1, -0.05) is 44.2 Å². The van der Waals surface area contributed by atoms with Gasteiger partial charge in [-0.05, 0) is 31.0 Å². The van der Waals surface area contributed by atoms with Gasteiger partial charge in [-0.3, -0.25) is 0 Å². The molecule has 0 bridgehead atoms. The van der Waals surface area contributed by atoms with Crippen LogP contribution in [0.3, 0.4) is 0 Å². The minimum Gasteiger partial charge on any atom is -0.393 e. The number of nitrogen functional groups attached to an aromatic ring is 1. The summed E-state index contributed by atoms with van der Waals surface area (Å²) in [6.45, 7) is 6.41. The second-order valence-electron chi connectivity index (χ2n) is 7.88. The Balaban J connectivity index is 1.82. The van der Waals surface area contributed by atoms with Crippen molar-refractivity contribution in [3.63, 3.8) is 0 Å². The van der Waals surface area contributed by atoms with E-state index in [9.17, 15) is 5.11 Å². The Morgan fingerprint density at radius 1 is 1.24 bits per heavy atom. The summed E-state index contributed by atoms with van der Waals surface area (Å²) in [6.07, 6.45) is 2.16. The molecule has 7 nitrogen and oxygen atoms in total. The lowest BCUT2D eigenvalue weighted by Crippen LogP contribution is -2.54. The number of aliphatic hydroxyl groups excluding tert-OH is 1. The molecule has 0 saturated carbocycles. The van der Waals surface area contributed by atoms with Gasteiger partial charge in [0.1, 0.15) is 17.4 Å². The highest BCUT2D eigenvalue weighted by Gasteiger charge is 2.64. The van der Waals surface area contributed by atoms with Gasteiger partial charge in [0.15, 0.2) is 11.4 Å². The van der Waals surface area contributed by atoms with Gasteiger partial charge < -0.3 is 20.3 Å². The van der Waals surface area contributed by atoms with Crippen LogP contribution < -0.4 is 5.73 Å². The molecule has 4 atom stereocenters. The number of hydrogen-bond donors (Lipinski definition) is 2. The van der Waals surface area contributed by atoms with E-state index in [4.69, 9.17) is 15.2 Å². The fourth-order valence-electron chi connectivity index (χ4n) is 4.54. The number of ether oxygens (including phenoxy) is 2. The lowest BCUT2D eigenvalue weighted by atomic mass is 9.75. The summed E-state index contributed by atoms with van der Waals surface area (Å²) < 4.78 is 14.8. The molecule has 0 radical (unpaired) electrons. The maximum Gasteiger partial charge on any atom is 0.162 e. The number of nitrogens with two attached hydrogens (primary N) is 1. The minimum atomic E-state index is -1.09. The van der Waals surface area contributed by atoms with Gasteiger partial charge in [0, 0.05) is 5.92 Å². The Morgan fingerprint density at radius 2 is 2.00 bits per heavy atom. The highest BCUT2D eigenvalue weighted by Crippen LogP contribution is 2.53. The minimum absolute atomic E-state index is 0.0492. The first-order valence-corrected chi connectivity index (χ1v) is 10.0. The summed E-state index contributed by atoms with van der Waals surface area (Å²) >= 11 is 0. The van der Waals surface area contributed by atoms with Crippen LogP contribution in [0.15, 0.2) is 48.8 Å². The molecule has 3 heterocycles. The number of anilines is 1. The van der Waals surface area contributed by atoms with E-state index in [2.05, 4.69) is 23.9 Å². The van der Waals surface area contributed by atoms with Crippen LogP contribution in [0.5, 0.6) is 0 Å². The van der Waals surface area contributed by atoms with E-state index in [0.717, 1.165) is 12.0 Å². The summed E-state index contributed by atoms with van der Waals surface area (Å²) in [7, 11) is 0. The molecule has 3 aromatic rings. The number of benzene rings is 1. The molecule has 3 N–H and O–H groups in total. The maximum absolute atomic E-state index is 10.7. The molecule has 29 heavy (non-hydrogen) atoms. The van der Waals surface area contributed by atoms with Gasteiger partial charge in [0.25, 0.3) is 0 Å². The number of nitrogens with zero attached hydrogens (tertiary/aromatic N) is 3. The lowest BCUT2D eigenvalue weighted by Gasteiger charge is -2.42. The predicted octanol–water partition coefficient (Wildman–Crippen LogP) is 2.92. The largest absolute Gasteiger partial charge is 0.393 e. The molecular formula is C22H28N4O3.